The Morgan fingerprint density at radius 1 is 1.00 bits per heavy atom. The summed E-state index contributed by atoms with van der Waals surface area (Å²) in [4.78, 5) is 4.01. The molecule has 2 N–H and O–H groups in total. The lowest BCUT2D eigenvalue weighted by molar-refractivity contribution is 0.441. The van der Waals surface area contributed by atoms with Crippen molar-refractivity contribution in [1.29, 1.82) is 0 Å². The smallest absolute Gasteiger partial charge is 0.148 e. The van der Waals surface area contributed by atoms with Gasteiger partial charge in [0.05, 0.1) is 11.9 Å². The van der Waals surface area contributed by atoms with E-state index in [-0.39, 0.29) is 17.2 Å². The van der Waals surface area contributed by atoms with Crippen molar-refractivity contribution in [3.05, 3.63) is 88.6 Å². The van der Waals surface area contributed by atoms with Crippen LogP contribution in [0.1, 0.15) is 17.0 Å². The Morgan fingerprint density at radius 2 is 1.69 bits per heavy atom. The zero-order chi connectivity index (χ0) is 20.5. The molecule has 0 amide bonds. The number of hydrogen-bond donors (Lipinski definition) is 2. The molecule has 0 saturated heterocycles. The first kappa shape index (κ1) is 19.0. The molecule has 146 valence electrons. The summed E-state index contributed by atoms with van der Waals surface area (Å²) < 4.78 is 14.5. The fourth-order valence-electron chi connectivity index (χ4n) is 3.16. The van der Waals surface area contributed by atoms with E-state index in [9.17, 15) is 14.6 Å². The fourth-order valence-corrected chi connectivity index (χ4v) is 3.29. The molecular weight excluding hydrogens is 393 g/mol. The number of hydrogen-bond acceptors (Lipinski definition) is 4. The molecule has 0 spiro atoms. The van der Waals surface area contributed by atoms with Gasteiger partial charge in [-0.05, 0) is 55.0 Å². The van der Waals surface area contributed by atoms with Crippen molar-refractivity contribution in [3.63, 3.8) is 0 Å². The van der Waals surface area contributed by atoms with Crippen molar-refractivity contribution in [2.75, 3.05) is 0 Å². The van der Waals surface area contributed by atoms with Crippen LogP contribution in [0.25, 0.3) is 16.9 Å². The van der Waals surface area contributed by atoms with Gasteiger partial charge in [0.2, 0.25) is 0 Å². The number of aryl methyl sites for hydroxylation is 1. The maximum atomic E-state index is 13.0. The number of phenolic OH excluding ortho intramolecular Hbond substituents is 2. The second kappa shape index (κ2) is 7.56. The van der Waals surface area contributed by atoms with Crippen LogP contribution in [0.3, 0.4) is 0 Å². The molecule has 0 saturated carbocycles. The summed E-state index contributed by atoms with van der Waals surface area (Å²) in [7, 11) is 0. The molecule has 0 unspecified atom stereocenters. The zero-order valence-electron chi connectivity index (χ0n) is 15.5. The third kappa shape index (κ3) is 3.93. The van der Waals surface area contributed by atoms with Crippen molar-refractivity contribution in [3.8, 4) is 28.4 Å². The van der Waals surface area contributed by atoms with Crippen molar-refractivity contribution < 1.29 is 14.6 Å². The SMILES string of the molecule is Cc1cc(-c2ccc(Cl)cc2)nn1-c1c(O)cc(Cc2ccc(F)cn2)cc1O. The fraction of sp³-hybridized carbons (Fsp3) is 0.0909. The van der Waals surface area contributed by atoms with Gasteiger partial charge in [-0.3, -0.25) is 4.98 Å². The molecular formula is C22H17ClFN3O2. The maximum Gasteiger partial charge on any atom is 0.148 e. The van der Waals surface area contributed by atoms with Crippen LogP contribution in [-0.2, 0) is 6.42 Å². The molecule has 5 nitrogen and oxygen atoms in total. The van der Waals surface area contributed by atoms with Gasteiger partial charge in [-0.2, -0.15) is 5.10 Å². The molecule has 2 heterocycles. The standard InChI is InChI=1S/C22H17ClFN3O2/c1-13-8-19(15-2-4-16(23)5-3-15)26-27(13)22-20(28)10-14(11-21(22)29)9-18-7-6-17(24)12-25-18/h2-8,10-12,28-29H,9H2,1H3. The quantitative estimate of drug-likeness (QED) is 0.495. The van der Waals surface area contributed by atoms with E-state index in [4.69, 9.17) is 11.6 Å². The highest BCUT2D eigenvalue weighted by Gasteiger charge is 2.17. The van der Waals surface area contributed by atoms with Crippen LogP contribution >= 0.6 is 11.6 Å². The molecule has 0 aliphatic carbocycles. The Morgan fingerprint density at radius 3 is 2.31 bits per heavy atom. The molecule has 0 bridgehead atoms. The van der Waals surface area contributed by atoms with Crippen LogP contribution in [0, 0.1) is 12.7 Å². The Bertz CT molecular complexity index is 1150. The number of aromatic nitrogens is 3. The number of benzene rings is 2. The first-order valence-corrected chi connectivity index (χ1v) is 9.27. The van der Waals surface area contributed by atoms with Gasteiger partial charge in [-0.1, -0.05) is 23.7 Å². The summed E-state index contributed by atoms with van der Waals surface area (Å²) in [5, 5.41) is 26.3. The van der Waals surface area contributed by atoms with E-state index in [0.29, 0.717) is 28.4 Å². The summed E-state index contributed by atoms with van der Waals surface area (Å²) >= 11 is 5.94. The van der Waals surface area contributed by atoms with Gasteiger partial charge < -0.3 is 10.2 Å². The first-order chi connectivity index (χ1) is 13.9. The predicted octanol–water partition coefficient (Wildman–Crippen LogP) is 5.04. The molecule has 2 aromatic heterocycles. The number of pyridine rings is 1. The summed E-state index contributed by atoms with van der Waals surface area (Å²) in [6, 6.07) is 15.1. The van der Waals surface area contributed by atoms with E-state index in [1.54, 1.807) is 30.3 Å². The average molecular weight is 410 g/mol. The third-order valence-corrected chi connectivity index (χ3v) is 4.79. The van der Waals surface area contributed by atoms with Gasteiger partial charge in [0.15, 0.2) is 0 Å². The number of phenols is 2. The Balaban J connectivity index is 1.68. The van der Waals surface area contributed by atoms with Gasteiger partial charge in [0, 0.05) is 28.4 Å². The molecule has 2 aromatic carbocycles. The number of rotatable bonds is 4. The van der Waals surface area contributed by atoms with Crippen molar-refractivity contribution in [2.45, 2.75) is 13.3 Å². The molecule has 29 heavy (non-hydrogen) atoms. The van der Waals surface area contributed by atoms with Gasteiger partial charge in [0.25, 0.3) is 0 Å². The molecule has 0 radical (unpaired) electrons. The van der Waals surface area contributed by atoms with E-state index >= 15 is 0 Å². The first-order valence-electron chi connectivity index (χ1n) is 8.89. The minimum Gasteiger partial charge on any atom is -0.506 e. The second-order valence-electron chi connectivity index (χ2n) is 6.72. The lowest BCUT2D eigenvalue weighted by atomic mass is 10.1. The van der Waals surface area contributed by atoms with E-state index in [1.807, 2.05) is 25.1 Å². The van der Waals surface area contributed by atoms with Gasteiger partial charge in [0.1, 0.15) is 23.0 Å². The number of aromatic hydroxyl groups is 2. The normalized spacial score (nSPS) is 11.0. The van der Waals surface area contributed by atoms with E-state index in [0.717, 1.165) is 17.5 Å². The van der Waals surface area contributed by atoms with Crippen LogP contribution in [-0.4, -0.2) is 25.0 Å². The van der Waals surface area contributed by atoms with Crippen molar-refractivity contribution in [2.24, 2.45) is 0 Å². The monoisotopic (exact) mass is 409 g/mol. The molecule has 0 atom stereocenters. The third-order valence-electron chi connectivity index (χ3n) is 4.54. The molecule has 0 aliphatic rings. The largest absolute Gasteiger partial charge is 0.506 e. The molecule has 0 aliphatic heterocycles. The van der Waals surface area contributed by atoms with Gasteiger partial charge in [-0.25, -0.2) is 9.07 Å². The van der Waals surface area contributed by atoms with E-state index in [2.05, 4.69) is 10.1 Å². The summed E-state index contributed by atoms with van der Waals surface area (Å²) in [5.74, 6) is -0.646. The molecule has 0 fully saturated rings. The van der Waals surface area contributed by atoms with Crippen LogP contribution in [0.4, 0.5) is 4.39 Å². The summed E-state index contributed by atoms with van der Waals surface area (Å²) in [5.41, 5.74) is 3.77. The van der Waals surface area contributed by atoms with E-state index in [1.165, 1.54) is 10.7 Å². The van der Waals surface area contributed by atoms with Crippen LogP contribution in [0.2, 0.25) is 5.02 Å². The summed E-state index contributed by atoms with van der Waals surface area (Å²) in [6.07, 6.45) is 1.48. The minimum absolute atomic E-state index is 0.115. The second-order valence-corrected chi connectivity index (χ2v) is 7.15. The topological polar surface area (TPSA) is 71.2 Å². The highest BCUT2D eigenvalue weighted by molar-refractivity contribution is 6.30. The summed E-state index contributed by atoms with van der Waals surface area (Å²) in [6.45, 7) is 1.83. The minimum atomic E-state index is -0.416. The maximum absolute atomic E-state index is 13.0. The van der Waals surface area contributed by atoms with Gasteiger partial charge >= 0.3 is 0 Å². The lowest BCUT2D eigenvalue weighted by Crippen LogP contribution is -2.01. The molecule has 4 aromatic rings. The Hall–Kier alpha value is -3.38. The average Bonchev–Trinajstić information content (AvgIpc) is 3.05. The van der Waals surface area contributed by atoms with E-state index < -0.39 is 5.82 Å². The van der Waals surface area contributed by atoms with Crippen molar-refractivity contribution >= 4 is 11.6 Å². The highest BCUT2D eigenvalue weighted by Crippen LogP contribution is 2.35. The Labute approximate surface area is 171 Å². The molecule has 7 heteroatoms. The number of halogens is 2. The van der Waals surface area contributed by atoms with Crippen LogP contribution < -0.4 is 0 Å². The van der Waals surface area contributed by atoms with Gasteiger partial charge in [-0.15, -0.1) is 0 Å². The predicted molar refractivity (Wildman–Crippen MR) is 109 cm³/mol. The number of nitrogens with zero attached hydrogens (tertiary/aromatic N) is 3. The van der Waals surface area contributed by atoms with Crippen molar-refractivity contribution in [1.82, 2.24) is 14.8 Å². The lowest BCUT2D eigenvalue weighted by Gasteiger charge is -2.12. The Kier molecular flexibility index (Phi) is 4.94. The van der Waals surface area contributed by atoms with Crippen LogP contribution in [0.5, 0.6) is 11.5 Å². The highest BCUT2D eigenvalue weighted by atomic mass is 35.5. The van der Waals surface area contributed by atoms with Crippen LogP contribution in [0.15, 0.2) is 60.8 Å². The molecule has 4 rings (SSSR count). The zero-order valence-corrected chi connectivity index (χ0v) is 16.2.